The number of hydrogen-bond donors (Lipinski definition) is 2. The summed E-state index contributed by atoms with van der Waals surface area (Å²) in [5, 5.41) is 2.49. The Morgan fingerprint density at radius 3 is 2.33 bits per heavy atom. The van der Waals surface area contributed by atoms with Gasteiger partial charge in [0, 0.05) is 11.1 Å². The first-order valence-corrected chi connectivity index (χ1v) is 9.85. The number of nitrogens with one attached hydrogen (secondary N) is 2. The normalized spacial score (nSPS) is 15.1. The fourth-order valence-corrected chi connectivity index (χ4v) is 3.54. The van der Waals surface area contributed by atoms with E-state index in [9.17, 15) is 22.8 Å². The SMILES string of the molecule is Cc1cccc(C[NH+]2CCN(C(=O)CNC(=O)c3ccc(C(F)(F)F)cc3)CC2)c1. The molecule has 2 N–H and O–H groups in total. The third kappa shape index (κ3) is 5.82. The number of quaternary nitrogens is 1. The van der Waals surface area contributed by atoms with Crippen LogP contribution in [0.3, 0.4) is 0 Å². The molecule has 0 unspecified atom stereocenters. The molecule has 0 spiro atoms. The lowest BCUT2D eigenvalue weighted by Crippen LogP contribution is -3.13. The monoisotopic (exact) mass is 420 g/mol. The molecule has 30 heavy (non-hydrogen) atoms. The highest BCUT2D eigenvalue weighted by atomic mass is 19.4. The largest absolute Gasteiger partial charge is 0.416 e. The van der Waals surface area contributed by atoms with Gasteiger partial charge < -0.3 is 15.1 Å². The highest BCUT2D eigenvalue weighted by Crippen LogP contribution is 2.29. The molecule has 0 atom stereocenters. The van der Waals surface area contributed by atoms with E-state index in [4.69, 9.17) is 0 Å². The fraction of sp³-hybridized carbons (Fsp3) is 0.364. The minimum absolute atomic E-state index is 0.0863. The van der Waals surface area contributed by atoms with Crippen LogP contribution in [0.1, 0.15) is 27.0 Å². The molecule has 1 aliphatic rings. The summed E-state index contributed by atoms with van der Waals surface area (Å²) >= 11 is 0. The van der Waals surface area contributed by atoms with Gasteiger partial charge in [-0.3, -0.25) is 9.59 Å². The summed E-state index contributed by atoms with van der Waals surface area (Å²) in [6, 6.07) is 12.3. The van der Waals surface area contributed by atoms with Crippen molar-refractivity contribution in [3.05, 3.63) is 70.8 Å². The lowest BCUT2D eigenvalue weighted by atomic mass is 10.1. The number of halogens is 3. The third-order valence-electron chi connectivity index (χ3n) is 5.23. The van der Waals surface area contributed by atoms with Crippen LogP contribution in [0.2, 0.25) is 0 Å². The van der Waals surface area contributed by atoms with Crippen LogP contribution < -0.4 is 10.2 Å². The number of aryl methyl sites for hydroxylation is 1. The Hall–Kier alpha value is -2.87. The van der Waals surface area contributed by atoms with Crippen molar-refractivity contribution in [2.75, 3.05) is 32.7 Å². The molecule has 0 aromatic heterocycles. The number of hydrogen-bond acceptors (Lipinski definition) is 2. The molecule has 3 rings (SSSR count). The molecule has 0 radical (unpaired) electrons. The number of carbonyl (C=O) groups is 2. The van der Waals surface area contributed by atoms with Crippen LogP contribution in [0.25, 0.3) is 0 Å². The average molecular weight is 420 g/mol. The maximum atomic E-state index is 12.6. The van der Waals surface area contributed by atoms with Crippen molar-refractivity contribution >= 4 is 11.8 Å². The van der Waals surface area contributed by atoms with Crippen LogP contribution in [0.4, 0.5) is 13.2 Å². The molecule has 0 aliphatic carbocycles. The molecule has 2 amide bonds. The Morgan fingerprint density at radius 2 is 1.73 bits per heavy atom. The summed E-state index contributed by atoms with van der Waals surface area (Å²) in [4.78, 5) is 27.6. The molecule has 0 bridgehead atoms. The number of piperazine rings is 1. The highest BCUT2D eigenvalue weighted by molar-refractivity contribution is 5.96. The second-order valence-electron chi connectivity index (χ2n) is 7.55. The molecule has 1 heterocycles. The molecule has 2 aromatic carbocycles. The van der Waals surface area contributed by atoms with Gasteiger partial charge in [-0.05, 0) is 31.2 Å². The Morgan fingerprint density at radius 1 is 1.07 bits per heavy atom. The van der Waals surface area contributed by atoms with Gasteiger partial charge in [-0.2, -0.15) is 13.2 Å². The summed E-state index contributed by atoms with van der Waals surface area (Å²) in [5.74, 6) is -0.759. The van der Waals surface area contributed by atoms with E-state index in [-0.39, 0.29) is 18.0 Å². The van der Waals surface area contributed by atoms with Crippen molar-refractivity contribution in [2.24, 2.45) is 0 Å². The molecule has 8 heteroatoms. The van der Waals surface area contributed by atoms with Crippen molar-refractivity contribution in [1.82, 2.24) is 10.2 Å². The second-order valence-corrected chi connectivity index (χ2v) is 7.55. The average Bonchev–Trinajstić information content (AvgIpc) is 2.72. The van der Waals surface area contributed by atoms with Crippen molar-refractivity contribution in [1.29, 1.82) is 0 Å². The van der Waals surface area contributed by atoms with E-state index in [0.29, 0.717) is 13.1 Å². The predicted octanol–water partition coefficient (Wildman–Crippen LogP) is 1.67. The number of rotatable bonds is 5. The van der Waals surface area contributed by atoms with Crippen molar-refractivity contribution in [2.45, 2.75) is 19.6 Å². The van der Waals surface area contributed by atoms with Gasteiger partial charge in [-0.15, -0.1) is 0 Å². The van der Waals surface area contributed by atoms with Crippen LogP contribution in [0.15, 0.2) is 48.5 Å². The van der Waals surface area contributed by atoms with E-state index in [0.717, 1.165) is 43.9 Å². The van der Waals surface area contributed by atoms with Crippen LogP contribution in [-0.4, -0.2) is 49.4 Å². The molecule has 1 fully saturated rings. The summed E-state index contributed by atoms with van der Waals surface area (Å²) < 4.78 is 37.8. The number of alkyl halides is 3. The molecule has 1 saturated heterocycles. The van der Waals surface area contributed by atoms with Gasteiger partial charge in [0.2, 0.25) is 5.91 Å². The molecule has 0 saturated carbocycles. The van der Waals surface area contributed by atoms with Gasteiger partial charge in [0.05, 0.1) is 38.3 Å². The minimum Gasteiger partial charge on any atom is -0.343 e. The molecule has 5 nitrogen and oxygen atoms in total. The number of carbonyl (C=O) groups excluding carboxylic acids is 2. The van der Waals surface area contributed by atoms with Crippen LogP contribution in [0, 0.1) is 6.92 Å². The van der Waals surface area contributed by atoms with Gasteiger partial charge in [0.1, 0.15) is 6.54 Å². The minimum atomic E-state index is -4.45. The topological polar surface area (TPSA) is 53.9 Å². The van der Waals surface area contributed by atoms with Gasteiger partial charge in [-0.1, -0.05) is 29.8 Å². The Labute approximate surface area is 173 Å². The summed E-state index contributed by atoms with van der Waals surface area (Å²) in [6.07, 6.45) is -4.45. The van der Waals surface area contributed by atoms with Gasteiger partial charge >= 0.3 is 6.18 Å². The van der Waals surface area contributed by atoms with E-state index in [1.165, 1.54) is 16.0 Å². The first-order chi connectivity index (χ1) is 14.2. The lowest BCUT2D eigenvalue weighted by molar-refractivity contribution is -0.917. The Kier molecular flexibility index (Phi) is 6.77. The lowest BCUT2D eigenvalue weighted by Gasteiger charge is -2.32. The van der Waals surface area contributed by atoms with Crippen molar-refractivity contribution in [3.63, 3.8) is 0 Å². The highest BCUT2D eigenvalue weighted by Gasteiger charge is 2.30. The summed E-state index contributed by atoms with van der Waals surface area (Å²) in [6.45, 7) is 5.67. The van der Waals surface area contributed by atoms with E-state index in [1.807, 2.05) is 6.07 Å². The molecular formula is C22H25F3N3O2+. The van der Waals surface area contributed by atoms with E-state index in [2.05, 4.69) is 30.4 Å². The van der Waals surface area contributed by atoms with Gasteiger partial charge in [0.15, 0.2) is 0 Å². The smallest absolute Gasteiger partial charge is 0.343 e. The van der Waals surface area contributed by atoms with E-state index in [1.54, 1.807) is 4.90 Å². The van der Waals surface area contributed by atoms with E-state index >= 15 is 0 Å². The zero-order valence-electron chi connectivity index (χ0n) is 16.8. The maximum Gasteiger partial charge on any atom is 0.416 e. The van der Waals surface area contributed by atoms with E-state index < -0.39 is 17.6 Å². The van der Waals surface area contributed by atoms with Gasteiger partial charge in [0.25, 0.3) is 5.91 Å². The maximum absolute atomic E-state index is 12.6. The number of amides is 2. The second kappa shape index (κ2) is 9.30. The molecule has 2 aromatic rings. The Bertz CT molecular complexity index is 889. The molecule has 160 valence electrons. The van der Waals surface area contributed by atoms with Crippen LogP contribution in [0.5, 0.6) is 0 Å². The Balaban J connectivity index is 1.44. The zero-order chi connectivity index (χ0) is 21.7. The standard InChI is InChI=1S/C22H24F3N3O2/c1-16-3-2-4-17(13-16)15-27-9-11-28(12-10-27)20(29)14-26-21(30)18-5-7-19(8-6-18)22(23,24)25/h2-8,13H,9-12,14-15H2,1H3,(H,26,30)/p+1. The third-order valence-corrected chi connectivity index (χ3v) is 5.23. The molecule has 1 aliphatic heterocycles. The van der Waals surface area contributed by atoms with Crippen LogP contribution >= 0.6 is 0 Å². The number of nitrogens with zero attached hydrogens (tertiary/aromatic N) is 1. The van der Waals surface area contributed by atoms with Crippen molar-refractivity contribution in [3.8, 4) is 0 Å². The summed E-state index contributed by atoms with van der Waals surface area (Å²) in [7, 11) is 0. The van der Waals surface area contributed by atoms with Crippen molar-refractivity contribution < 1.29 is 27.7 Å². The summed E-state index contributed by atoms with van der Waals surface area (Å²) in [5.41, 5.74) is 1.77. The quantitative estimate of drug-likeness (QED) is 0.773. The molecular weight excluding hydrogens is 395 g/mol. The first-order valence-electron chi connectivity index (χ1n) is 9.85. The number of benzene rings is 2. The van der Waals surface area contributed by atoms with Gasteiger partial charge in [-0.25, -0.2) is 0 Å². The first kappa shape index (κ1) is 21.8. The predicted molar refractivity (Wildman–Crippen MR) is 106 cm³/mol. The fourth-order valence-electron chi connectivity index (χ4n) is 3.54. The van der Waals surface area contributed by atoms with Crippen LogP contribution in [-0.2, 0) is 17.5 Å². The zero-order valence-corrected chi connectivity index (χ0v) is 16.8.